The summed E-state index contributed by atoms with van der Waals surface area (Å²) < 4.78 is 2.00. The Morgan fingerprint density at radius 3 is 2.37 bits per heavy atom. The van der Waals surface area contributed by atoms with Crippen molar-refractivity contribution < 1.29 is 4.79 Å². The summed E-state index contributed by atoms with van der Waals surface area (Å²) in [6.45, 7) is 4.05. The van der Waals surface area contributed by atoms with E-state index in [0.29, 0.717) is 5.16 Å². The Morgan fingerprint density at radius 2 is 1.63 bits per heavy atom. The molecule has 0 atom stereocenters. The second kappa shape index (κ2) is 8.97. The minimum Gasteiger partial charge on any atom is -0.325 e. The lowest BCUT2D eigenvalue weighted by Gasteiger charge is -2.11. The monoisotopic (exact) mass is 414 g/mol. The molecule has 0 unspecified atom stereocenters. The highest BCUT2D eigenvalue weighted by Gasteiger charge is 2.17. The number of nitrogens with one attached hydrogen (secondary N) is 1. The maximum atomic E-state index is 12.5. The molecule has 0 bridgehead atoms. The van der Waals surface area contributed by atoms with E-state index in [4.69, 9.17) is 0 Å². The number of anilines is 1. The number of rotatable bonds is 6. The molecule has 0 aliphatic rings. The van der Waals surface area contributed by atoms with Gasteiger partial charge in [0, 0.05) is 16.9 Å². The second-order valence-electron chi connectivity index (χ2n) is 7.05. The summed E-state index contributed by atoms with van der Waals surface area (Å²) in [4.78, 5) is 12.5. The summed E-state index contributed by atoms with van der Waals surface area (Å²) in [7, 11) is 0. The molecule has 5 nitrogen and oxygen atoms in total. The van der Waals surface area contributed by atoms with Crippen LogP contribution in [0.25, 0.3) is 17.1 Å². The van der Waals surface area contributed by atoms with Gasteiger partial charge in [0.2, 0.25) is 5.91 Å². The molecular weight excluding hydrogens is 392 g/mol. The fourth-order valence-corrected chi connectivity index (χ4v) is 3.95. The van der Waals surface area contributed by atoms with Crippen LogP contribution in [0.15, 0.2) is 84.0 Å². The molecule has 0 radical (unpaired) electrons. The minimum absolute atomic E-state index is 0.0784. The van der Waals surface area contributed by atoms with Gasteiger partial charge in [-0.2, -0.15) is 0 Å². The summed E-state index contributed by atoms with van der Waals surface area (Å²) >= 11 is 1.37. The molecule has 30 heavy (non-hydrogen) atoms. The van der Waals surface area contributed by atoms with Gasteiger partial charge in [-0.05, 0) is 49.7 Å². The lowest BCUT2D eigenvalue weighted by atomic mass is 10.1. The van der Waals surface area contributed by atoms with Gasteiger partial charge >= 0.3 is 0 Å². The Labute approximate surface area is 180 Å². The van der Waals surface area contributed by atoms with Crippen molar-refractivity contribution in [2.75, 3.05) is 11.1 Å². The largest absolute Gasteiger partial charge is 0.325 e. The fourth-order valence-electron chi connectivity index (χ4n) is 3.19. The SMILES string of the molecule is Cc1cccc(NC(=O)CSc2nnc(-c3cccc(C)c3)n2-c2ccccc2)c1. The molecule has 0 aliphatic carbocycles. The summed E-state index contributed by atoms with van der Waals surface area (Å²) in [5.41, 5.74) is 5.00. The third-order valence-corrected chi connectivity index (χ3v) is 5.49. The maximum absolute atomic E-state index is 12.5. The van der Waals surface area contributed by atoms with Crippen molar-refractivity contribution >= 4 is 23.4 Å². The van der Waals surface area contributed by atoms with Crippen molar-refractivity contribution in [1.29, 1.82) is 0 Å². The van der Waals surface area contributed by atoms with E-state index in [1.165, 1.54) is 11.8 Å². The first-order valence-corrected chi connectivity index (χ1v) is 10.7. The van der Waals surface area contributed by atoms with Crippen molar-refractivity contribution in [3.8, 4) is 17.1 Å². The molecule has 0 aliphatic heterocycles. The molecule has 150 valence electrons. The predicted octanol–water partition coefficient (Wildman–Crippen LogP) is 5.28. The first-order chi connectivity index (χ1) is 14.6. The third-order valence-electron chi connectivity index (χ3n) is 4.56. The number of nitrogens with zero attached hydrogens (tertiary/aromatic N) is 3. The van der Waals surface area contributed by atoms with Crippen LogP contribution < -0.4 is 5.32 Å². The zero-order valence-electron chi connectivity index (χ0n) is 16.9. The Kier molecular flexibility index (Phi) is 5.95. The average Bonchev–Trinajstić information content (AvgIpc) is 3.17. The topological polar surface area (TPSA) is 59.8 Å². The smallest absolute Gasteiger partial charge is 0.234 e. The molecule has 1 heterocycles. The summed E-state index contributed by atoms with van der Waals surface area (Å²) in [5.74, 6) is 0.920. The van der Waals surface area contributed by atoms with E-state index in [9.17, 15) is 4.79 Å². The molecule has 6 heteroatoms. The minimum atomic E-state index is -0.0784. The van der Waals surface area contributed by atoms with Gasteiger partial charge in [-0.25, -0.2) is 0 Å². The van der Waals surface area contributed by atoms with Crippen LogP contribution in [-0.2, 0) is 4.79 Å². The number of benzene rings is 3. The van der Waals surface area contributed by atoms with Gasteiger partial charge < -0.3 is 5.32 Å². The fraction of sp³-hybridized carbons (Fsp3) is 0.125. The molecule has 4 aromatic rings. The van der Waals surface area contributed by atoms with Gasteiger partial charge in [-0.3, -0.25) is 9.36 Å². The molecule has 0 saturated carbocycles. The van der Waals surface area contributed by atoms with Gasteiger partial charge in [0.1, 0.15) is 0 Å². The summed E-state index contributed by atoms with van der Waals surface area (Å²) in [5, 5.41) is 12.4. The Hall–Kier alpha value is -3.38. The molecule has 0 fully saturated rings. The van der Waals surface area contributed by atoms with Gasteiger partial charge in [-0.1, -0.05) is 65.9 Å². The second-order valence-corrected chi connectivity index (χ2v) is 8.00. The number of aromatic nitrogens is 3. The van der Waals surface area contributed by atoms with Crippen molar-refractivity contribution in [3.63, 3.8) is 0 Å². The Bertz CT molecular complexity index is 1170. The van der Waals surface area contributed by atoms with Crippen LogP contribution in [0.3, 0.4) is 0 Å². The Morgan fingerprint density at radius 1 is 0.900 bits per heavy atom. The molecule has 1 amide bonds. The van der Waals surface area contributed by atoms with Crippen LogP contribution >= 0.6 is 11.8 Å². The lowest BCUT2D eigenvalue weighted by molar-refractivity contribution is -0.113. The van der Waals surface area contributed by atoms with Crippen LogP contribution in [0.5, 0.6) is 0 Å². The van der Waals surface area contributed by atoms with E-state index in [1.54, 1.807) is 0 Å². The zero-order chi connectivity index (χ0) is 20.9. The van der Waals surface area contributed by atoms with E-state index in [1.807, 2.05) is 78.2 Å². The standard InChI is InChI=1S/C24H22N4OS/c1-17-8-6-10-19(14-17)23-26-27-24(28(23)21-12-4-3-5-13-21)30-16-22(29)25-20-11-7-9-18(2)15-20/h3-15H,16H2,1-2H3,(H,25,29). The van der Waals surface area contributed by atoms with Gasteiger partial charge in [0.25, 0.3) is 0 Å². The highest BCUT2D eigenvalue weighted by Crippen LogP contribution is 2.28. The molecule has 1 aromatic heterocycles. The predicted molar refractivity (Wildman–Crippen MR) is 122 cm³/mol. The molecule has 0 spiro atoms. The van der Waals surface area contributed by atoms with E-state index in [2.05, 4.69) is 34.6 Å². The first-order valence-electron chi connectivity index (χ1n) is 9.67. The van der Waals surface area contributed by atoms with E-state index in [-0.39, 0.29) is 11.7 Å². The summed E-state index contributed by atoms with van der Waals surface area (Å²) in [6, 6.07) is 25.9. The highest BCUT2D eigenvalue weighted by molar-refractivity contribution is 7.99. The van der Waals surface area contributed by atoms with Crippen molar-refractivity contribution in [1.82, 2.24) is 14.8 Å². The molecular formula is C24H22N4OS. The number of amides is 1. The molecule has 0 saturated heterocycles. The van der Waals surface area contributed by atoms with E-state index >= 15 is 0 Å². The van der Waals surface area contributed by atoms with Gasteiger partial charge in [0.05, 0.1) is 5.75 Å². The quantitative estimate of drug-likeness (QED) is 0.436. The van der Waals surface area contributed by atoms with Crippen molar-refractivity contribution in [2.45, 2.75) is 19.0 Å². The third kappa shape index (κ3) is 4.60. The van der Waals surface area contributed by atoms with Crippen LogP contribution in [-0.4, -0.2) is 26.4 Å². The number of carbonyl (C=O) groups excluding carboxylic acids is 1. The van der Waals surface area contributed by atoms with E-state index in [0.717, 1.165) is 33.9 Å². The first kappa shape index (κ1) is 19.9. The van der Waals surface area contributed by atoms with Crippen LogP contribution in [0, 0.1) is 13.8 Å². The highest BCUT2D eigenvalue weighted by atomic mass is 32.2. The number of thioether (sulfide) groups is 1. The average molecular weight is 415 g/mol. The summed E-state index contributed by atoms with van der Waals surface area (Å²) in [6.07, 6.45) is 0. The zero-order valence-corrected chi connectivity index (χ0v) is 17.7. The number of hydrogen-bond acceptors (Lipinski definition) is 4. The maximum Gasteiger partial charge on any atom is 0.234 e. The number of para-hydroxylation sites is 1. The van der Waals surface area contributed by atoms with Crippen LogP contribution in [0.2, 0.25) is 0 Å². The number of carbonyl (C=O) groups is 1. The lowest BCUT2D eigenvalue weighted by Crippen LogP contribution is -2.14. The normalized spacial score (nSPS) is 10.7. The molecule has 1 N–H and O–H groups in total. The van der Waals surface area contributed by atoms with E-state index < -0.39 is 0 Å². The number of hydrogen-bond donors (Lipinski definition) is 1. The van der Waals surface area contributed by atoms with Crippen LogP contribution in [0.4, 0.5) is 5.69 Å². The molecule has 3 aromatic carbocycles. The van der Waals surface area contributed by atoms with Crippen molar-refractivity contribution in [2.24, 2.45) is 0 Å². The van der Waals surface area contributed by atoms with Crippen molar-refractivity contribution in [3.05, 3.63) is 90.0 Å². The number of aryl methyl sites for hydroxylation is 2. The molecule has 4 rings (SSSR count). The van der Waals surface area contributed by atoms with Gasteiger partial charge in [-0.15, -0.1) is 10.2 Å². The van der Waals surface area contributed by atoms with Gasteiger partial charge in [0.15, 0.2) is 11.0 Å². The Balaban J connectivity index is 1.59. The van der Waals surface area contributed by atoms with Crippen LogP contribution in [0.1, 0.15) is 11.1 Å².